The molecule has 0 amide bonds. The highest BCUT2D eigenvalue weighted by Crippen LogP contribution is 2.49. The maximum absolute atomic E-state index is 9.27. The first-order valence-corrected chi connectivity index (χ1v) is 17.0. The Morgan fingerprint density at radius 1 is 0.436 bits per heavy atom. The average molecular weight is 586 g/mol. The van der Waals surface area contributed by atoms with Gasteiger partial charge in [-0.3, -0.25) is 0 Å². The van der Waals surface area contributed by atoms with Crippen molar-refractivity contribution in [2.24, 2.45) is 0 Å². The number of nitrogens with zero attached hydrogens (tertiary/aromatic N) is 1. The van der Waals surface area contributed by atoms with Crippen LogP contribution < -0.4 is 4.90 Å². The van der Waals surface area contributed by atoms with Gasteiger partial charge in [-0.2, -0.15) is 0 Å². The van der Waals surface area contributed by atoms with Crippen LogP contribution in [0.2, 0.25) is 0 Å². The lowest BCUT2D eigenvalue weighted by Gasteiger charge is -2.54. The minimum absolute atomic E-state index is 0.0856. The number of hydrogen-bond acceptors (Lipinski definition) is 5. The van der Waals surface area contributed by atoms with Crippen molar-refractivity contribution in [2.45, 2.75) is 139 Å². The van der Waals surface area contributed by atoms with Crippen LogP contribution in [0, 0.1) is 0 Å². The second-order valence-electron chi connectivity index (χ2n) is 11.4. The fourth-order valence-electron chi connectivity index (χ4n) is 5.82. The topological polar surface area (TPSA) is 84.2 Å². The number of unbranched alkanes of at least 4 members (excludes halogenated alkanes) is 12. The summed E-state index contributed by atoms with van der Waals surface area (Å²) in [5.41, 5.74) is 1.28. The molecule has 7 heteroatoms. The molecule has 0 bridgehead atoms. The maximum atomic E-state index is 9.27. The van der Waals surface area contributed by atoms with Crippen molar-refractivity contribution in [1.29, 1.82) is 0 Å². The van der Waals surface area contributed by atoms with Crippen molar-refractivity contribution in [1.82, 2.24) is 0 Å². The number of hydrogen-bond donors (Lipinski definition) is 4. The lowest BCUT2D eigenvalue weighted by atomic mass is 9.91. The summed E-state index contributed by atoms with van der Waals surface area (Å²) in [6, 6.07) is 11.0. The highest BCUT2D eigenvalue weighted by Gasteiger charge is 2.42. The summed E-state index contributed by atoms with van der Waals surface area (Å²) in [7, 11) is 6.65. The monoisotopic (exact) mass is 585 g/mol. The predicted octanol–water partition coefficient (Wildman–Crippen LogP) is 7.41. The molecule has 5 nitrogen and oxygen atoms in total. The van der Waals surface area contributed by atoms with Gasteiger partial charge in [-0.1, -0.05) is 95.2 Å². The Balaban J connectivity index is 3.29. The van der Waals surface area contributed by atoms with Gasteiger partial charge in [0.15, 0.2) is 0 Å². The number of benzene rings is 1. The predicted molar refractivity (Wildman–Crippen MR) is 174 cm³/mol. The van der Waals surface area contributed by atoms with Gasteiger partial charge in [0.2, 0.25) is 0 Å². The summed E-state index contributed by atoms with van der Waals surface area (Å²) in [5.74, 6) is 0. The molecule has 39 heavy (non-hydrogen) atoms. The molecule has 0 aliphatic heterocycles. The zero-order valence-electron chi connectivity index (χ0n) is 24.7. The molecule has 0 heterocycles. The van der Waals surface area contributed by atoms with Crippen LogP contribution in [0.4, 0.5) is 5.69 Å². The van der Waals surface area contributed by atoms with E-state index in [0.29, 0.717) is 0 Å². The standard InChI is InChI=1S/C32H61NO4P2/c34-26-16-5-1-12-22-31(38,23-13-2-6-17-27-35)33(30-20-10-9-11-21-30)32(39,24-14-3-7-18-28-36)25-15-4-8-19-29-37/h9-11,20-21,34-37H,1-8,12-19,22-29,38-39H2. The largest absolute Gasteiger partial charge is 0.396 e. The van der Waals surface area contributed by atoms with Gasteiger partial charge in [0.1, 0.15) is 0 Å². The van der Waals surface area contributed by atoms with E-state index in [1.807, 2.05) is 0 Å². The molecule has 4 N–H and O–H groups in total. The van der Waals surface area contributed by atoms with Gasteiger partial charge in [0.05, 0.1) is 10.6 Å². The van der Waals surface area contributed by atoms with E-state index in [4.69, 9.17) is 0 Å². The second kappa shape index (κ2) is 23.3. The van der Waals surface area contributed by atoms with Gasteiger partial charge in [-0.05, 0) is 63.5 Å². The Labute approximate surface area is 245 Å². The van der Waals surface area contributed by atoms with Crippen LogP contribution in [0.25, 0.3) is 0 Å². The van der Waals surface area contributed by atoms with Gasteiger partial charge < -0.3 is 25.3 Å². The lowest BCUT2D eigenvalue weighted by Crippen LogP contribution is -2.55. The van der Waals surface area contributed by atoms with Crippen LogP contribution in [0.5, 0.6) is 0 Å². The number of rotatable bonds is 27. The minimum atomic E-state index is -0.0856. The molecule has 0 saturated carbocycles. The Hall–Kier alpha value is -0.280. The van der Waals surface area contributed by atoms with Gasteiger partial charge in [0.25, 0.3) is 0 Å². The van der Waals surface area contributed by atoms with Crippen molar-refractivity contribution in [3.05, 3.63) is 30.3 Å². The fraction of sp³-hybridized carbons (Fsp3) is 0.812. The minimum Gasteiger partial charge on any atom is -0.396 e. The molecule has 0 aromatic heterocycles. The number of anilines is 1. The van der Waals surface area contributed by atoms with Crippen LogP contribution in [-0.2, 0) is 0 Å². The summed E-state index contributed by atoms with van der Waals surface area (Å²) in [4.78, 5) is 2.74. The van der Waals surface area contributed by atoms with E-state index in [1.165, 1.54) is 5.69 Å². The van der Waals surface area contributed by atoms with E-state index in [2.05, 4.69) is 53.7 Å². The molecule has 228 valence electrons. The highest BCUT2D eigenvalue weighted by molar-refractivity contribution is 7.21. The Kier molecular flexibility index (Phi) is 22.0. The third-order valence-corrected chi connectivity index (χ3v) is 9.65. The van der Waals surface area contributed by atoms with Gasteiger partial charge in [0, 0.05) is 32.1 Å². The molecule has 0 radical (unpaired) electrons. The van der Waals surface area contributed by atoms with Crippen molar-refractivity contribution in [3.63, 3.8) is 0 Å². The SMILES string of the molecule is OCCCCCCC(P)(CCCCCCO)N(c1ccccc1)C(P)(CCCCCCO)CCCCCCO. The van der Waals surface area contributed by atoms with Gasteiger partial charge >= 0.3 is 0 Å². The molecule has 0 aliphatic carbocycles. The van der Waals surface area contributed by atoms with E-state index in [0.717, 1.165) is 128 Å². The van der Waals surface area contributed by atoms with Crippen LogP contribution in [0.15, 0.2) is 30.3 Å². The molecule has 0 fully saturated rings. The second-order valence-corrected chi connectivity index (χ2v) is 13.6. The summed E-state index contributed by atoms with van der Waals surface area (Å²) in [6.07, 6.45) is 21.2. The highest BCUT2D eigenvalue weighted by atomic mass is 31.0. The lowest BCUT2D eigenvalue weighted by molar-refractivity contribution is 0.276. The molecule has 0 spiro atoms. The first kappa shape index (κ1) is 36.7. The maximum Gasteiger partial charge on any atom is 0.0549 e. The van der Waals surface area contributed by atoms with Crippen molar-refractivity contribution in [2.75, 3.05) is 31.3 Å². The van der Waals surface area contributed by atoms with Gasteiger partial charge in [-0.25, -0.2) is 0 Å². The van der Waals surface area contributed by atoms with E-state index in [9.17, 15) is 20.4 Å². The molecule has 0 saturated heterocycles. The molecular formula is C32H61NO4P2. The van der Waals surface area contributed by atoms with Crippen molar-refractivity contribution >= 4 is 24.2 Å². The molecule has 2 atom stereocenters. The van der Waals surface area contributed by atoms with E-state index >= 15 is 0 Å². The molecule has 2 unspecified atom stereocenters. The molecule has 1 aromatic carbocycles. The number of para-hydroxylation sites is 1. The molecule has 1 aromatic rings. The molecule has 0 aliphatic rings. The molecular weight excluding hydrogens is 524 g/mol. The van der Waals surface area contributed by atoms with Gasteiger partial charge in [-0.15, -0.1) is 18.5 Å². The smallest absolute Gasteiger partial charge is 0.0549 e. The zero-order valence-corrected chi connectivity index (χ0v) is 27.1. The summed E-state index contributed by atoms with van der Waals surface area (Å²) >= 11 is 0. The summed E-state index contributed by atoms with van der Waals surface area (Å²) in [5, 5.41) is 36.9. The Morgan fingerprint density at radius 3 is 1.00 bits per heavy atom. The summed E-state index contributed by atoms with van der Waals surface area (Å²) in [6.45, 7) is 1.09. The van der Waals surface area contributed by atoms with Crippen molar-refractivity contribution < 1.29 is 20.4 Å². The van der Waals surface area contributed by atoms with E-state index in [1.54, 1.807) is 0 Å². The number of aliphatic hydroxyl groups is 4. The third-order valence-electron chi connectivity index (χ3n) is 7.98. The fourth-order valence-corrected chi connectivity index (χ4v) is 7.60. The van der Waals surface area contributed by atoms with Crippen LogP contribution in [0.3, 0.4) is 0 Å². The average Bonchev–Trinajstić information content (AvgIpc) is 2.93. The number of aliphatic hydroxyl groups excluding tert-OH is 4. The summed E-state index contributed by atoms with van der Waals surface area (Å²) < 4.78 is 0. The van der Waals surface area contributed by atoms with Crippen LogP contribution in [-0.4, -0.2) is 57.4 Å². The van der Waals surface area contributed by atoms with Crippen LogP contribution >= 0.6 is 18.5 Å². The first-order valence-electron chi connectivity index (χ1n) is 15.8. The van der Waals surface area contributed by atoms with E-state index in [-0.39, 0.29) is 37.0 Å². The first-order chi connectivity index (χ1) is 19.0. The Morgan fingerprint density at radius 2 is 0.718 bits per heavy atom. The third kappa shape index (κ3) is 15.5. The van der Waals surface area contributed by atoms with Crippen LogP contribution in [0.1, 0.15) is 128 Å². The normalized spacial score (nSPS) is 12.3. The zero-order chi connectivity index (χ0) is 28.7. The molecule has 1 rings (SSSR count). The Bertz CT molecular complexity index is 613. The van der Waals surface area contributed by atoms with Crippen molar-refractivity contribution in [3.8, 4) is 0 Å². The quantitative estimate of drug-likeness (QED) is 0.0639. The van der Waals surface area contributed by atoms with E-state index < -0.39 is 0 Å².